The normalized spacial score (nSPS) is 16.2. The number of hydrogen-bond acceptors (Lipinski definition) is 6. The van der Waals surface area contributed by atoms with Gasteiger partial charge < -0.3 is 25.4 Å². The van der Waals surface area contributed by atoms with Crippen LogP contribution in [0.15, 0.2) is 18.2 Å². The van der Waals surface area contributed by atoms with Crippen molar-refractivity contribution < 1.29 is 27.8 Å². The third kappa shape index (κ3) is 8.48. The minimum atomic E-state index is -3.10. The predicted molar refractivity (Wildman–Crippen MR) is 128 cm³/mol. The molecule has 8 nitrogen and oxygen atoms in total. The Morgan fingerprint density at radius 1 is 1.21 bits per heavy atom. The number of amides is 2. The largest absolute Gasteiger partial charge is 0.433 e. The summed E-state index contributed by atoms with van der Waals surface area (Å²) in [7, 11) is 0. The fraction of sp³-hybridized carbons (Fsp3) is 0.667. The Kier molecular flexibility index (Phi) is 9.38. The van der Waals surface area contributed by atoms with Gasteiger partial charge in [0.25, 0.3) is 5.91 Å². The highest BCUT2D eigenvalue weighted by Crippen LogP contribution is 2.32. The fourth-order valence-corrected chi connectivity index (χ4v) is 3.90. The van der Waals surface area contributed by atoms with Crippen LogP contribution in [0.4, 0.5) is 20.2 Å². The standard InChI is InChI=1S/C24H38F2N4O4/c1-23(2,3)14-29(15-24(4,5)6)18(12-27)21(32)28-17-8-7-16(11-19(17)34-22(25)26)30-9-10-33-13-20(30)31/h7-8,11,18,22H,9-10,12-15,27H2,1-6H3,(H,28,32)/t18-/m1/s1. The van der Waals surface area contributed by atoms with Crippen molar-refractivity contribution >= 4 is 23.2 Å². The number of morpholine rings is 1. The molecular formula is C24H38F2N4O4. The topological polar surface area (TPSA) is 97.1 Å². The zero-order chi connectivity index (χ0) is 25.7. The Bertz CT molecular complexity index is 836. The molecule has 1 heterocycles. The average Bonchev–Trinajstić information content (AvgIpc) is 2.67. The van der Waals surface area contributed by atoms with Crippen molar-refractivity contribution in [2.45, 2.75) is 54.2 Å². The van der Waals surface area contributed by atoms with Crippen LogP contribution in [0.5, 0.6) is 5.75 Å². The van der Waals surface area contributed by atoms with E-state index < -0.39 is 18.6 Å². The number of rotatable bonds is 9. The summed E-state index contributed by atoms with van der Waals surface area (Å²) in [5, 5.41) is 2.71. The van der Waals surface area contributed by atoms with Gasteiger partial charge >= 0.3 is 6.61 Å². The molecule has 3 N–H and O–H groups in total. The van der Waals surface area contributed by atoms with Gasteiger partial charge in [-0.05, 0) is 23.0 Å². The molecule has 2 amide bonds. The van der Waals surface area contributed by atoms with E-state index in [1.165, 1.54) is 17.0 Å². The molecule has 34 heavy (non-hydrogen) atoms. The quantitative estimate of drug-likeness (QED) is 0.558. The molecule has 0 bridgehead atoms. The van der Waals surface area contributed by atoms with E-state index in [1.807, 2.05) is 4.90 Å². The lowest BCUT2D eigenvalue weighted by atomic mass is 9.91. The second-order valence-corrected chi connectivity index (χ2v) is 10.9. The molecule has 0 unspecified atom stereocenters. The van der Waals surface area contributed by atoms with Crippen molar-refractivity contribution in [3.8, 4) is 5.75 Å². The molecule has 0 aliphatic carbocycles. The summed E-state index contributed by atoms with van der Waals surface area (Å²) in [6, 6.07) is 3.69. The molecule has 0 aromatic heterocycles. The molecule has 192 valence electrons. The lowest BCUT2D eigenvalue weighted by molar-refractivity contribution is -0.125. The van der Waals surface area contributed by atoms with Gasteiger partial charge in [0.2, 0.25) is 5.91 Å². The monoisotopic (exact) mass is 484 g/mol. The second kappa shape index (κ2) is 11.4. The van der Waals surface area contributed by atoms with Crippen LogP contribution in [0.1, 0.15) is 41.5 Å². The number of anilines is 2. The van der Waals surface area contributed by atoms with Gasteiger partial charge in [0.1, 0.15) is 12.6 Å². The van der Waals surface area contributed by atoms with Crippen molar-refractivity contribution in [2.24, 2.45) is 16.6 Å². The average molecular weight is 485 g/mol. The first kappa shape index (κ1) is 27.9. The third-order valence-electron chi connectivity index (χ3n) is 5.06. The van der Waals surface area contributed by atoms with Crippen molar-refractivity contribution in [3.05, 3.63) is 18.2 Å². The third-order valence-corrected chi connectivity index (χ3v) is 5.06. The molecule has 2 rings (SSSR count). The first-order valence-electron chi connectivity index (χ1n) is 11.4. The van der Waals surface area contributed by atoms with E-state index in [9.17, 15) is 18.4 Å². The van der Waals surface area contributed by atoms with Gasteiger partial charge in [-0.15, -0.1) is 0 Å². The maximum absolute atomic E-state index is 13.3. The number of carbonyl (C=O) groups is 2. The number of benzene rings is 1. The highest BCUT2D eigenvalue weighted by molar-refractivity contribution is 5.98. The molecule has 1 aliphatic rings. The SMILES string of the molecule is CC(C)(C)CN(CC(C)(C)C)[C@H](CN)C(=O)Nc1ccc(N2CCOCC2=O)cc1OC(F)F. The van der Waals surface area contributed by atoms with Crippen LogP contribution < -0.4 is 20.7 Å². The van der Waals surface area contributed by atoms with Gasteiger partial charge in [0.05, 0.1) is 12.3 Å². The lowest BCUT2D eigenvalue weighted by Crippen LogP contribution is -2.53. The van der Waals surface area contributed by atoms with Crippen LogP contribution in [0, 0.1) is 10.8 Å². The Labute approximate surface area is 200 Å². The van der Waals surface area contributed by atoms with Crippen LogP contribution in [0.25, 0.3) is 0 Å². The molecule has 1 fully saturated rings. The van der Waals surface area contributed by atoms with Gasteiger partial charge in [-0.25, -0.2) is 0 Å². The number of nitrogens with one attached hydrogen (secondary N) is 1. The fourth-order valence-electron chi connectivity index (χ4n) is 3.90. The van der Waals surface area contributed by atoms with Gasteiger partial charge in [-0.3, -0.25) is 14.5 Å². The van der Waals surface area contributed by atoms with Gasteiger partial charge in [-0.2, -0.15) is 8.78 Å². The molecule has 10 heteroatoms. The van der Waals surface area contributed by atoms with Crippen LogP contribution in [0.3, 0.4) is 0 Å². The van der Waals surface area contributed by atoms with Crippen LogP contribution in [0.2, 0.25) is 0 Å². The summed E-state index contributed by atoms with van der Waals surface area (Å²) >= 11 is 0. The van der Waals surface area contributed by atoms with E-state index >= 15 is 0 Å². The Hall–Kier alpha value is -2.30. The summed E-state index contributed by atoms with van der Waals surface area (Å²) in [6.45, 7) is 11.2. The predicted octanol–water partition coefficient (Wildman–Crippen LogP) is 3.31. The first-order chi connectivity index (χ1) is 15.7. The van der Waals surface area contributed by atoms with E-state index in [0.29, 0.717) is 31.9 Å². The molecule has 1 aliphatic heterocycles. The zero-order valence-electron chi connectivity index (χ0n) is 21.0. The van der Waals surface area contributed by atoms with Gasteiger partial charge in [0, 0.05) is 37.9 Å². The number of halogens is 2. The highest BCUT2D eigenvalue weighted by atomic mass is 19.3. The number of ether oxygens (including phenoxy) is 2. The summed E-state index contributed by atoms with van der Waals surface area (Å²) in [4.78, 5) is 28.9. The minimum Gasteiger partial charge on any atom is -0.433 e. The van der Waals surface area contributed by atoms with E-state index in [4.69, 9.17) is 10.5 Å². The smallest absolute Gasteiger partial charge is 0.387 e. The summed E-state index contributed by atoms with van der Waals surface area (Å²) in [5.74, 6) is -0.923. The maximum atomic E-state index is 13.3. The number of nitrogens with zero attached hydrogens (tertiary/aromatic N) is 2. The van der Waals surface area contributed by atoms with Crippen LogP contribution >= 0.6 is 0 Å². The van der Waals surface area contributed by atoms with E-state index in [1.54, 1.807) is 6.07 Å². The maximum Gasteiger partial charge on any atom is 0.387 e. The molecule has 1 aromatic carbocycles. The second-order valence-electron chi connectivity index (χ2n) is 10.9. The molecular weight excluding hydrogens is 446 g/mol. The van der Waals surface area contributed by atoms with Crippen LogP contribution in [-0.2, 0) is 14.3 Å². The molecule has 0 saturated carbocycles. The van der Waals surface area contributed by atoms with Gasteiger partial charge in [0.15, 0.2) is 5.75 Å². The van der Waals surface area contributed by atoms with Crippen molar-refractivity contribution in [3.63, 3.8) is 0 Å². The Balaban J connectivity index is 2.32. The number of hydrogen-bond donors (Lipinski definition) is 2. The molecule has 0 spiro atoms. The number of carbonyl (C=O) groups excluding carboxylic acids is 2. The molecule has 0 radical (unpaired) electrons. The van der Waals surface area contributed by atoms with Gasteiger partial charge in [-0.1, -0.05) is 41.5 Å². The Morgan fingerprint density at radius 3 is 2.32 bits per heavy atom. The molecule has 1 saturated heterocycles. The van der Waals surface area contributed by atoms with E-state index in [0.717, 1.165) is 0 Å². The number of nitrogens with two attached hydrogens (primary N) is 1. The van der Waals surface area contributed by atoms with Crippen molar-refractivity contribution in [2.75, 3.05) is 49.6 Å². The summed E-state index contributed by atoms with van der Waals surface area (Å²) in [6.07, 6.45) is 0. The highest BCUT2D eigenvalue weighted by Gasteiger charge is 2.32. The minimum absolute atomic E-state index is 0.0589. The Morgan fingerprint density at radius 2 is 1.82 bits per heavy atom. The van der Waals surface area contributed by atoms with Crippen molar-refractivity contribution in [1.29, 1.82) is 0 Å². The lowest BCUT2D eigenvalue weighted by Gasteiger charge is -2.38. The molecule has 1 atom stereocenters. The molecule has 1 aromatic rings. The summed E-state index contributed by atoms with van der Waals surface area (Å²) < 4.78 is 36.1. The summed E-state index contributed by atoms with van der Waals surface area (Å²) in [5.41, 5.74) is 6.31. The van der Waals surface area contributed by atoms with Crippen LogP contribution in [-0.4, -0.2) is 68.8 Å². The van der Waals surface area contributed by atoms with E-state index in [2.05, 4.69) is 51.6 Å². The first-order valence-corrected chi connectivity index (χ1v) is 11.4. The zero-order valence-corrected chi connectivity index (χ0v) is 21.0. The van der Waals surface area contributed by atoms with E-state index in [-0.39, 0.29) is 41.3 Å². The number of alkyl halides is 2. The van der Waals surface area contributed by atoms with Crippen molar-refractivity contribution in [1.82, 2.24) is 4.90 Å².